The zero-order chi connectivity index (χ0) is 19.5. The molecule has 144 valence electrons. The van der Waals surface area contributed by atoms with Gasteiger partial charge < -0.3 is 10.0 Å². The molecule has 1 heterocycles. The van der Waals surface area contributed by atoms with Gasteiger partial charge in [-0.3, -0.25) is 4.90 Å². The van der Waals surface area contributed by atoms with Crippen LogP contribution in [0.4, 0.5) is 5.69 Å². The number of anilines is 1. The number of rotatable bonds is 4. The molecule has 0 saturated carbocycles. The summed E-state index contributed by atoms with van der Waals surface area (Å²) in [5.74, 6) is 0.329. The Morgan fingerprint density at radius 3 is 2.36 bits per heavy atom. The van der Waals surface area contributed by atoms with Crippen molar-refractivity contribution in [1.82, 2.24) is 4.90 Å². The van der Waals surface area contributed by atoms with E-state index in [-0.39, 0.29) is 0 Å². The molecule has 1 aliphatic heterocycles. The molecule has 0 unspecified atom stereocenters. The first-order chi connectivity index (χ1) is 13.6. The van der Waals surface area contributed by atoms with Gasteiger partial charge in [-0.25, -0.2) is 0 Å². The molecule has 0 aromatic heterocycles. The molecule has 1 atom stereocenters. The van der Waals surface area contributed by atoms with Crippen LogP contribution in [0, 0.1) is 13.8 Å². The van der Waals surface area contributed by atoms with Gasteiger partial charge in [-0.1, -0.05) is 60.2 Å². The fraction of sp³-hybridized carbons (Fsp3) is 0.280. The Balaban J connectivity index is 1.63. The summed E-state index contributed by atoms with van der Waals surface area (Å²) in [6, 6.07) is 25.6. The van der Waals surface area contributed by atoms with Gasteiger partial charge in [-0.2, -0.15) is 0 Å². The highest BCUT2D eigenvalue weighted by atomic mass is 16.3. The monoisotopic (exact) mass is 372 g/mol. The average molecular weight is 373 g/mol. The van der Waals surface area contributed by atoms with Crippen molar-refractivity contribution in [1.29, 1.82) is 0 Å². The van der Waals surface area contributed by atoms with Crippen LogP contribution in [0.25, 0.3) is 0 Å². The van der Waals surface area contributed by atoms with Crippen LogP contribution in [0.5, 0.6) is 5.75 Å². The number of hydrogen-bond donors (Lipinski definition) is 1. The highest BCUT2D eigenvalue weighted by Crippen LogP contribution is 2.34. The van der Waals surface area contributed by atoms with Crippen LogP contribution in [0.15, 0.2) is 72.8 Å². The molecule has 0 radical (unpaired) electrons. The molecule has 1 aliphatic rings. The third kappa shape index (κ3) is 4.05. The predicted molar refractivity (Wildman–Crippen MR) is 116 cm³/mol. The lowest BCUT2D eigenvalue weighted by atomic mass is 9.98. The Morgan fingerprint density at radius 2 is 1.64 bits per heavy atom. The van der Waals surface area contributed by atoms with Crippen molar-refractivity contribution in [3.63, 3.8) is 0 Å². The topological polar surface area (TPSA) is 26.7 Å². The van der Waals surface area contributed by atoms with Crippen LogP contribution >= 0.6 is 0 Å². The zero-order valence-corrected chi connectivity index (χ0v) is 16.7. The summed E-state index contributed by atoms with van der Waals surface area (Å²) in [6.07, 6.45) is 0. The first-order valence-electron chi connectivity index (χ1n) is 9.99. The number of nitrogens with zero attached hydrogens (tertiary/aromatic N) is 2. The molecule has 3 nitrogen and oxygen atoms in total. The van der Waals surface area contributed by atoms with Crippen LogP contribution in [0.3, 0.4) is 0 Å². The molecular weight excluding hydrogens is 344 g/mol. The second kappa shape index (κ2) is 8.07. The van der Waals surface area contributed by atoms with Crippen molar-refractivity contribution in [2.24, 2.45) is 0 Å². The third-order valence-corrected chi connectivity index (χ3v) is 5.67. The van der Waals surface area contributed by atoms with E-state index < -0.39 is 0 Å². The molecule has 28 heavy (non-hydrogen) atoms. The lowest BCUT2D eigenvalue weighted by Crippen LogP contribution is -2.48. The highest BCUT2D eigenvalue weighted by molar-refractivity contribution is 5.57. The Kier molecular flexibility index (Phi) is 5.36. The number of phenols is 1. The van der Waals surface area contributed by atoms with Crippen molar-refractivity contribution >= 4 is 5.69 Å². The van der Waals surface area contributed by atoms with Gasteiger partial charge in [-0.05, 0) is 48.7 Å². The van der Waals surface area contributed by atoms with Crippen molar-refractivity contribution in [2.75, 3.05) is 24.5 Å². The van der Waals surface area contributed by atoms with Crippen molar-refractivity contribution < 1.29 is 5.11 Å². The van der Waals surface area contributed by atoms with Crippen LogP contribution in [-0.2, 0) is 6.54 Å². The summed E-state index contributed by atoms with van der Waals surface area (Å²) in [7, 11) is 0. The quantitative estimate of drug-likeness (QED) is 0.692. The zero-order valence-electron chi connectivity index (χ0n) is 16.7. The molecule has 4 rings (SSSR count). The molecule has 1 N–H and O–H groups in total. The summed E-state index contributed by atoms with van der Waals surface area (Å²) < 4.78 is 0. The molecular formula is C25H28N2O. The largest absolute Gasteiger partial charge is 0.508 e. The van der Waals surface area contributed by atoms with Gasteiger partial charge in [0, 0.05) is 31.9 Å². The second-order valence-corrected chi connectivity index (χ2v) is 7.81. The normalized spacial score (nSPS) is 17.6. The third-order valence-electron chi connectivity index (χ3n) is 5.67. The molecule has 3 heteroatoms. The van der Waals surface area contributed by atoms with E-state index in [1.54, 1.807) is 6.07 Å². The van der Waals surface area contributed by atoms with E-state index in [1.165, 1.54) is 22.4 Å². The van der Waals surface area contributed by atoms with E-state index in [9.17, 15) is 5.11 Å². The standard InChI is InChI=1S/C25H28N2O/c1-19-8-10-22(11-9-19)25-18-26(17-21-6-4-3-5-7-21)14-15-27(25)24-13-12-23(28)16-20(24)2/h3-13,16,25,28H,14-15,17-18H2,1-2H3/t25-/m0/s1. The summed E-state index contributed by atoms with van der Waals surface area (Å²) in [5.41, 5.74) is 6.32. The Hall–Kier alpha value is -2.78. The Labute approximate surface area is 167 Å². The maximum absolute atomic E-state index is 9.83. The second-order valence-electron chi connectivity index (χ2n) is 7.81. The van der Waals surface area contributed by atoms with Crippen molar-refractivity contribution in [2.45, 2.75) is 26.4 Å². The molecule has 0 spiro atoms. The van der Waals surface area contributed by atoms with Crippen molar-refractivity contribution in [3.8, 4) is 5.75 Å². The Bertz CT molecular complexity index is 921. The van der Waals surface area contributed by atoms with E-state index in [1.807, 2.05) is 6.07 Å². The average Bonchev–Trinajstić information content (AvgIpc) is 2.70. The van der Waals surface area contributed by atoms with E-state index in [4.69, 9.17) is 0 Å². The van der Waals surface area contributed by atoms with Crippen LogP contribution in [0.2, 0.25) is 0 Å². The summed E-state index contributed by atoms with van der Waals surface area (Å²) in [5, 5.41) is 9.83. The van der Waals surface area contributed by atoms with Gasteiger partial charge in [-0.15, -0.1) is 0 Å². The lowest BCUT2D eigenvalue weighted by Gasteiger charge is -2.43. The van der Waals surface area contributed by atoms with E-state index in [2.05, 4.69) is 84.3 Å². The highest BCUT2D eigenvalue weighted by Gasteiger charge is 2.29. The lowest BCUT2D eigenvalue weighted by molar-refractivity contribution is 0.215. The number of aryl methyl sites for hydroxylation is 2. The molecule has 1 fully saturated rings. The Morgan fingerprint density at radius 1 is 0.893 bits per heavy atom. The van der Waals surface area contributed by atoms with Gasteiger partial charge in [0.2, 0.25) is 0 Å². The summed E-state index contributed by atoms with van der Waals surface area (Å²) >= 11 is 0. The number of phenolic OH excluding ortho intramolecular Hbond substituents is 1. The van der Waals surface area contributed by atoms with Gasteiger partial charge in [0.25, 0.3) is 0 Å². The molecule has 0 aliphatic carbocycles. The number of hydrogen-bond acceptors (Lipinski definition) is 3. The minimum atomic E-state index is 0.293. The molecule has 0 amide bonds. The first kappa shape index (κ1) is 18.6. The number of aromatic hydroxyl groups is 1. The fourth-order valence-electron chi connectivity index (χ4n) is 4.15. The van der Waals surface area contributed by atoms with E-state index in [0.29, 0.717) is 11.8 Å². The molecule has 0 bridgehead atoms. The van der Waals surface area contributed by atoms with Gasteiger partial charge in [0.05, 0.1) is 6.04 Å². The van der Waals surface area contributed by atoms with Crippen LogP contribution in [0.1, 0.15) is 28.3 Å². The molecule has 3 aromatic rings. The van der Waals surface area contributed by atoms with Gasteiger partial charge in [0.15, 0.2) is 0 Å². The SMILES string of the molecule is Cc1ccc([C@@H]2CN(Cc3ccccc3)CCN2c2ccc(O)cc2C)cc1. The fourth-order valence-corrected chi connectivity index (χ4v) is 4.15. The van der Waals surface area contributed by atoms with Gasteiger partial charge >= 0.3 is 0 Å². The maximum Gasteiger partial charge on any atom is 0.115 e. The van der Waals surface area contributed by atoms with E-state index in [0.717, 1.165) is 31.7 Å². The smallest absolute Gasteiger partial charge is 0.115 e. The summed E-state index contributed by atoms with van der Waals surface area (Å²) in [6.45, 7) is 8.17. The van der Waals surface area contributed by atoms with Gasteiger partial charge in [0.1, 0.15) is 5.75 Å². The first-order valence-corrected chi connectivity index (χ1v) is 9.99. The minimum Gasteiger partial charge on any atom is -0.508 e. The summed E-state index contributed by atoms with van der Waals surface area (Å²) in [4.78, 5) is 5.05. The minimum absolute atomic E-state index is 0.293. The maximum atomic E-state index is 9.83. The number of benzene rings is 3. The van der Waals surface area contributed by atoms with Crippen LogP contribution < -0.4 is 4.90 Å². The number of piperazine rings is 1. The molecule has 1 saturated heterocycles. The van der Waals surface area contributed by atoms with E-state index >= 15 is 0 Å². The predicted octanol–water partition coefficient (Wildman–Crippen LogP) is 5.07. The van der Waals surface area contributed by atoms with Crippen molar-refractivity contribution in [3.05, 3.63) is 95.1 Å². The molecule has 3 aromatic carbocycles. The van der Waals surface area contributed by atoms with Crippen LogP contribution in [-0.4, -0.2) is 29.6 Å².